The first-order chi connectivity index (χ1) is 15.6. The lowest BCUT2D eigenvalue weighted by atomic mass is 9.94. The number of imide groups is 1. The number of urea groups is 1. The number of amides is 5. The molecule has 2 saturated heterocycles. The van der Waals surface area contributed by atoms with Gasteiger partial charge in [0.25, 0.3) is 11.8 Å². The van der Waals surface area contributed by atoms with E-state index in [1.54, 1.807) is 29.2 Å². The van der Waals surface area contributed by atoms with Gasteiger partial charge in [0.05, 0.1) is 17.3 Å². The minimum atomic E-state index is -0.753. The highest BCUT2D eigenvalue weighted by molar-refractivity contribution is 6.36. The molecule has 2 fully saturated rings. The summed E-state index contributed by atoms with van der Waals surface area (Å²) in [5.41, 5.74) is 0.296. The lowest BCUT2D eigenvalue weighted by Gasteiger charge is -2.38. The van der Waals surface area contributed by atoms with Gasteiger partial charge in [0, 0.05) is 30.4 Å². The molecule has 0 radical (unpaired) electrons. The normalized spacial score (nSPS) is 18.4. The molecule has 1 N–H and O–H groups in total. The van der Waals surface area contributed by atoms with Crippen LogP contribution in [0.2, 0.25) is 5.02 Å². The predicted molar refractivity (Wildman–Crippen MR) is 123 cm³/mol. The van der Waals surface area contributed by atoms with Crippen molar-refractivity contribution in [3.8, 4) is 0 Å². The van der Waals surface area contributed by atoms with Gasteiger partial charge in [-0.15, -0.1) is 0 Å². The molecular formula is C23H24ClN5O4. The van der Waals surface area contributed by atoms with Gasteiger partial charge in [-0.1, -0.05) is 38.4 Å². The highest BCUT2D eigenvalue weighted by Crippen LogP contribution is 2.35. The summed E-state index contributed by atoms with van der Waals surface area (Å²) in [6, 6.07) is 8.32. The fourth-order valence-electron chi connectivity index (χ4n) is 3.93. The Morgan fingerprint density at radius 2 is 1.88 bits per heavy atom. The summed E-state index contributed by atoms with van der Waals surface area (Å²) in [7, 11) is 0. The van der Waals surface area contributed by atoms with E-state index in [0.29, 0.717) is 12.2 Å². The maximum Gasteiger partial charge on any atom is 0.332 e. The predicted octanol–water partition coefficient (Wildman–Crippen LogP) is 3.01. The Morgan fingerprint density at radius 3 is 2.52 bits per heavy atom. The second-order valence-electron chi connectivity index (χ2n) is 9.00. The number of hydrogen-bond acceptors (Lipinski definition) is 5. The van der Waals surface area contributed by atoms with E-state index in [0.717, 1.165) is 4.90 Å². The third-order valence-electron chi connectivity index (χ3n) is 5.60. The Labute approximate surface area is 196 Å². The Balaban J connectivity index is 1.52. The highest BCUT2D eigenvalue weighted by Gasteiger charge is 2.50. The number of rotatable bonds is 3. The first-order valence-electron chi connectivity index (χ1n) is 10.5. The van der Waals surface area contributed by atoms with Gasteiger partial charge in [-0.05, 0) is 30.3 Å². The minimum absolute atomic E-state index is 0.0631. The molecule has 4 rings (SSSR count). The third-order valence-corrected chi connectivity index (χ3v) is 5.90. The molecule has 9 nitrogen and oxygen atoms in total. The molecular weight excluding hydrogens is 446 g/mol. The van der Waals surface area contributed by atoms with Crippen LogP contribution >= 0.6 is 11.6 Å². The van der Waals surface area contributed by atoms with Gasteiger partial charge in [-0.3, -0.25) is 19.4 Å². The van der Waals surface area contributed by atoms with Gasteiger partial charge in [0.2, 0.25) is 5.91 Å². The highest BCUT2D eigenvalue weighted by atomic mass is 35.5. The number of nitrogens with zero attached hydrogens (tertiary/aromatic N) is 4. The summed E-state index contributed by atoms with van der Waals surface area (Å²) in [6.45, 7) is 6.25. The SMILES string of the molecule is CC(C)(C)C(=O)N1CCN2C(=O)N(c3ccc(NC(=O)c4ccccn4)cc3Cl)C(=O)C2C1. The Morgan fingerprint density at radius 1 is 1.12 bits per heavy atom. The zero-order valence-corrected chi connectivity index (χ0v) is 19.3. The minimum Gasteiger partial charge on any atom is -0.338 e. The number of benzene rings is 1. The number of piperazine rings is 1. The molecule has 2 aliphatic rings. The summed E-state index contributed by atoms with van der Waals surface area (Å²) in [4.78, 5) is 59.3. The van der Waals surface area contributed by atoms with Crippen LogP contribution in [0.15, 0.2) is 42.6 Å². The van der Waals surface area contributed by atoms with E-state index in [9.17, 15) is 19.2 Å². The van der Waals surface area contributed by atoms with Gasteiger partial charge in [-0.25, -0.2) is 9.69 Å². The van der Waals surface area contributed by atoms with E-state index in [2.05, 4.69) is 10.3 Å². The monoisotopic (exact) mass is 469 g/mol. The molecule has 33 heavy (non-hydrogen) atoms. The zero-order chi connectivity index (χ0) is 23.9. The molecule has 1 aromatic heterocycles. The molecule has 3 heterocycles. The van der Waals surface area contributed by atoms with Gasteiger partial charge in [-0.2, -0.15) is 0 Å². The van der Waals surface area contributed by atoms with Gasteiger partial charge < -0.3 is 15.1 Å². The van der Waals surface area contributed by atoms with Crippen LogP contribution < -0.4 is 10.2 Å². The largest absolute Gasteiger partial charge is 0.338 e. The average molecular weight is 470 g/mol. The molecule has 0 aliphatic carbocycles. The van der Waals surface area contributed by atoms with Crippen LogP contribution in [-0.2, 0) is 9.59 Å². The van der Waals surface area contributed by atoms with Gasteiger partial charge in [0.15, 0.2) is 0 Å². The summed E-state index contributed by atoms with van der Waals surface area (Å²) in [5, 5.41) is 2.83. The van der Waals surface area contributed by atoms with E-state index in [1.165, 1.54) is 23.2 Å². The number of anilines is 2. The number of pyridine rings is 1. The summed E-state index contributed by atoms with van der Waals surface area (Å²) in [5.74, 6) is -0.904. The van der Waals surface area contributed by atoms with E-state index < -0.39 is 29.3 Å². The van der Waals surface area contributed by atoms with Crippen LogP contribution in [0.4, 0.5) is 16.2 Å². The molecule has 1 aromatic carbocycles. The van der Waals surface area contributed by atoms with Gasteiger partial charge >= 0.3 is 6.03 Å². The number of hydrogen-bond donors (Lipinski definition) is 1. The Hall–Kier alpha value is -3.46. The topological polar surface area (TPSA) is 103 Å². The molecule has 0 spiro atoms. The molecule has 2 aliphatic heterocycles. The fourth-order valence-corrected chi connectivity index (χ4v) is 4.20. The van der Waals surface area contributed by atoms with Crippen LogP contribution in [0.5, 0.6) is 0 Å². The lowest BCUT2D eigenvalue weighted by molar-refractivity contribution is -0.142. The molecule has 10 heteroatoms. The van der Waals surface area contributed by atoms with Crippen LogP contribution in [0, 0.1) is 5.41 Å². The van der Waals surface area contributed by atoms with E-state index >= 15 is 0 Å². The molecule has 1 unspecified atom stereocenters. The molecule has 0 saturated carbocycles. The number of halogens is 1. The third kappa shape index (κ3) is 4.28. The number of aromatic nitrogens is 1. The van der Waals surface area contributed by atoms with Crippen molar-refractivity contribution in [1.82, 2.24) is 14.8 Å². The molecule has 1 atom stereocenters. The number of nitrogens with one attached hydrogen (secondary N) is 1. The smallest absolute Gasteiger partial charge is 0.332 e. The quantitative estimate of drug-likeness (QED) is 0.696. The van der Waals surface area contributed by atoms with E-state index in [-0.39, 0.29) is 35.4 Å². The lowest BCUT2D eigenvalue weighted by Crippen LogP contribution is -2.56. The van der Waals surface area contributed by atoms with E-state index in [4.69, 9.17) is 11.6 Å². The van der Waals surface area contributed by atoms with Crippen molar-refractivity contribution >= 4 is 46.7 Å². The molecule has 172 valence electrons. The Kier molecular flexibility index (Phi) is 5.84. The van der Waals surface area contributed by atoms with Crippen molar-refractivity contribution in [2.75, 3.05) is 29.9 Å². The second kappa shape index (κ2) is 8.47. The summed E-state index contributed by atoms with van der Waals surface area (Å²) >= 11 is 6.41. The van der Waals surface area contributed by atoms with Crippen molar-refractivity contribution in [3.05, 3.63) is 53.3 Å². The van der Waals surface area contributed by atoms with Crippen molar-refractivity contribution < 1.29 is 19.2 Å². The van der Waals surface area contributed by atoms with Crippen LogP contribution in [0.3, 0.4) is 0 Å². The maximum absolute atomic E-state index is 13.2. The maximum atomic E-state index is 13.2. The Bertz CT molecular complexity index is 1130. The second-order valence-corrected chi connectivity index (χ2v) is 9.41. The fraction of sp³-hybridized carbons (Fsp3) is 0.348. The van der Waals surface area contributed by atoms with Crippen molar-refractivity contribution in [2.45, 2.75) is 26.8 Å². The average Bonchev–Trinajstić information content (AvgIpc) is 3.03. The van der Waals surface area contributed by atoms with Crippen LogP contribution in [0.1, 0.15) is 31.3 Å². The first kappa shape index (κ1) is 22.7. The number of carbonyl (C=O) groups excluding carboxylic acids is 4. The van der Waals surface area contributed by atoms with Crippen molar-refractivity contribution in [2.24, 2.45) is 5.41 Å². The first-order valence-corrected chi connectivity index (χ1v) is 10.9. The summed E-state index contributed by atoms with van der Waals surface area (Å²) < 4.78 is 0. The molecule has 5 amide bonds. The molecule has 0 bridgehead atoms. The van der Waals surface area contributed by atoms with E-state index in [1.807, 2.05) is 20.8 Å². The molecule has 2 aromatic rings. The standard InChI is InChI=1S/C23H24ClN5O4/c1-23(2,3)21(32)27-10-11-28-18(13-27)20(31)29(22(28)33)17-8-7-14(12-15(17)24)26-19(30)16-6-4-5-9-25-16/h4-9,12,18H,10-11,13H2,1-3H3,(H,26,30). The van der Waals surface area contributed by atoms with Gasteiger partial charge in [0.1, 0.15) is 11.7 Å². The van der Waals surface area contributed by atoms with Crippen LogP contribution in [0.25, 0.3) is 0 Å². The zero-order valence-electron chi connectivity index (χ0n) is 18.5. The van der Waals surface area contributed by atoms with Crippen molar-refractivity contribution in [3.63, 3.8) is 0 Å². The summed E-state index contributed by atoms with van der Waals surface area (Å²) in [6.07, 6.45) is 1.51. The number of carbonyl (C=O) groups is 4. The van der Waals surface area contributed by atoms with Crippen LogP contribution in [-0.4, -0.2) is 64.2 Å². The van der Waals surface area contributed by atoms with Crippen molar-refractivity contribution in [1.29, 1.82) is 0 Å². The number of fused-ring (bicyclic) bond motifs is 1.